The van der Waals surface area contributed by atoms with Crippen LogP contribution in [0.1, 0.15) is 69.3 Å². The van der Waals surface area contributed by atoms with Gasteiger partial charge in [-0.3, -0.25) is 9.69 Å². The van der Waals surface area contributed by atoms with Crippen molar-refractivity contribution >= 4 is 5.91 Å². The lowest BCUT2D eigenvalue weighted by atomic mass is 9.99. The van der Waals surface area contributed by atoms with Crippen LogP contribution in [0.15, 0.2) is 24.3 Å². The van der Waals surface area contributed by atoms with Gasteiger partial charge >= 0.3 is 0 Å². The van der Waals surface area contributed by atoms with Gasteiger partial charge in [0.1, 0.15) is 0 Å². The second-order valence-electron chi connectivity index (χ2n) is 8.34. The Morgan fingerprint density at radius 3 is 2.44 bits per heavy atom. The summed E-state index contributed by atoms with van der Waals surface area (Å²) in [6, 6.07) is 8.60. The minimum absolute atomic E-state index is 0.0459. The molecule has 0 spiro atoms. The molecule has 0 radical (unpaired) electrons. The third kappa shape index (κ3) is 7.63. The number of carbonyl (C=O) groups is 1. The molecule has 1 aliphatic rings. The number of rotatable bonds is 10. The van der Waals surface area contributed by atoms with Crippen molar-refractivity contribution in [3.8, 4) is 0 Å². The molecule has 0 aliphatic carbocycles. The second kappa shape index (κ2) is 11.5. The summed E-state index contributed by atoms with van der Waals surface area (Å²) in [7, 11) is 0. The van der Waals surface area contributed by atoms with Gasteiger partial charge in [0.25, 0.3) is 5.91 Å². The van der Waals surface area contributed by atoms with Gasteiger partial charge in [-0.2, -0.15) is 0 Å². The molecule has 2 rings (SSSR count). The molecule has 4 nitrogen and oxygen atoms in total. The highest BCUT2D eigenvalue weighted by molar-refractivity contribution is 5.94. The molecule has 1 aromatic rings. The lowest BCUT2D eigenvalue weighted by Gasteiger charge is -2.30. The molecular weight excluding hydrogens is 334 g/mol. The average molecular weight is 374 g/mol. The van der Waals surface area contributed by atoms with Crippen LogP contribution >= 0.6 is 0 Å². The molecule has 1 aliphatic heterocycles. The van der Waals surface area contributed by atoms with E-state index in [0.29, 0.717) is 6.04 Å². The van der Waals surface area contributed by atoms with Gasteiger partial charge in [-0.1, -0.05) is 26.0 Å². The van der Waals surface area contributed by atoms with Gasteiger partial charge < -0.3 is 10.2 Å². The summed E-state index contributed by atoms with van der Waals surface area (Å²) in [5.74, 6) is 0.937. The maximum Gasteiger partial charge on any atom is 0.251 e. The van der Waals surface area contributed by atoms with Crippen molar-refractivity contribution in [1.29, 1.82) is 0 Å². The van der Waals surface area contributed by atoms with E-state index < -0.39 is 0 Å². The Hall–Kier alpha value is -1.39. The number of benzene rings is 1. The number of amides is 1. The SMILES string of the molecule is CCN(Cc1ccc(C(=O)NCCCCN2CCC(C)CC2)cc1)C(C)C. The van der Waals surface area contributed by atoms with E-state index in [1.807, 2.05) is 12.1 Å². The quantitative estimate of drug-likeness (QED) is 0.626. The molecule has 0 bridgehead atoms. The van der Waals surface area contributed by atoms with E-state index in [2.05, 4.69) is 54.9 Å². The maximum atomic E-state index is 12.3. The minimum Gasteiger partial charge on any atom is -0.352 e. The number of unbranched alkanes of at least 4 members (excludes halogenated alkanes) is 1. The molecule has 1 amide bonds. The summed E-state index contributed by atoms with van der Waals surface area (Å²) in [5, 5.41) is 3.07. The average Bonchev–Trinajstić information content (AvgIpc) is 2.67. The van der Waals surface area contributed by atoms with Crippen molar-refractivity contribution in [3.05, 3.63) is 35.4 Å². The van der Waals surface area contributed by atoms with Gasteiger partial charge in [0.15, 0.2) is 0 Å². The Bertz CT molecular complexity index is 547. The molecule has 1 aromatic carbocycles. The van der Waals surface area contributed by atoms with Crippen molar-refractivity contribution < 1.29 is 4.79 Å². The van der Waals surface area contributed by atoms with Gasteiger partial charge in [-0.05, 0) is 89.3 Å². The predicted molar refractivity (Wildman–Crippen MR) is 114 cm³/mol. The summed E-state index contributed by atoms with van der Waals surface area (Å²) in [5.41, 5.74) is 2.02. The minimum atomic E-state index is 0.0459. The number of carbonyl (C=O) groups excluding carboxylic acids is 1. The highest BCUT2D eigenvalue weighted by Crippen LogP contribution is 2.16. The van der Waals surface area contributed by atoms with Crippen LogP contribution in [0, 0.1) is 5.92 Å². The number of nitrogens with one attached hydrogen (secondary N) is 1. The zero-order valence-electron chi connectivity index (χ0n) is 17.8. The summed E-state index contributed by atoms with van der Waals surface area (Å²) in [4.78, 5) is 17.3. The Balaban J connectivity index is 1.65. The van der Waals surface area contributed by atoms with Crippen LogP contribution < -0.4 is 5.32 Å². The fourth-order valence-electron chi connectivity index (χ4n) is 3.71. The molecule has 1 N–H and O–H groups in total. The molecule has 0 saturated carbocycles. The molecule has 27 heavy (non-hydrogen) atoms. The number of hydrogen-bond acceptors (Lipinski definition) is 3. The number of piperidine rings is 1. The molecular formula is C23H39N3O. The van der Waals surface area contributed by atoms with Crippen LogP contribution in [-0.4, -0.2) is 54.5 Å². The molecule has 4 heteroatoms. The Kier molecular flexibility index (Phi) is 9.29. The van der Waals surface area contributed by atoms with E-state index in [0.717, 1.165) is 44.0 Å². The topological polar surface area (TPSA) is 35.6 Å². The first-order valence-electron chi connectivity index (χ1n) is 10.8. The number of likely N-dealkylation sites (tertiary alicyclic amines) is 1. The lowest BCUT2D eigenvalue weighted by molar-refractivity contribution is 0.0952. The number of hydrogen-bond donors (Lipinski definition) is 1. The van der Waals surface area contributed by atoms with Crippen molar-refractivity contribution in [3.63, 3.8) is 0 Å². The Morgan fingerprint density at radius 1 is 1.19 bits per heavy atom. The largest absolute Gasteiger partial charge is 0.352 e. The molecule has 1 saturated heterocycles. The van der Waals surface area contributed by atoms with Gasteiger partial charge in [0, 0.05) is 24.7 Å². The van der Waals surface area contributed by atoms with Crippen molar-refractivity contribution in [2.45, 2.75) is 66.0 Å². The highest BCUT2D eigenvalue weighted by atomic mass is 16.1. The molecule has 0 aromatic heterocycles. The molecule has 152 valence electrons. The third-order valence-corrected chi connectivity index (χ3v) is 5.80. The summed E-state index contributed by atoms with van der Waals surface area (Å²) in [6.07, 6.45) is 4.88. The van der Waals surface area contributed by atoms with E-state index in [-0.39, 0.29) is 5.91 Å². The smallest absolute Gasteiger partial charge is 0.251 e. The van der Waals surface area contributed by atoms with Crippen molar-refractivity contribution in [1.82, 2.24) is 15.1 Å². The molecule has 1 fully saturated rings. The lowest BCUT2D eigenvalue weighted by Crippen LogP contribution is -2.34. The van der Waals surface area contributed by atoms with E-state index in [1.165, 1.54) is 38.0 Å². The van der Waals surface area contributed by atoms with Crippen molar-refractivity contribution in [2.24, 2.45) is 5.92 Å². The van der Waals surface area contributed by atoms with E-state index in [4.69, 9.17) is 0 Å². The first-order valence-corrected chi connectivity index (χ1v) is 10.8. The van der Waals surface area contributed by atoms with Gasteiger partial charge in [-0.25, -0.2) is 0 Å². The van der Waals surface area contributed by atoms with Crippen LogP contribution in [-0.2, 0) is 6.54 Å². The zero-order valence-corrected chi connectivity index (χ0v) is 17.8. The standard InChI is InChI=1S/C23H39N3O/c1-5-26(19(2)3)18-21-8-10-22(11-9-21)23(27)24-14-6-7-15-25-16-12-20(4)13-17-25/h8-11,19-20H,5-7,12-18H2,1-4H3,(H,24,27). The zero-order chi connectivity index (χ0) is 19.6. The summed E-state index contributed by atoms with van der Waals surface area (Å²) in [6.45, 7) is 15.4. The molecule has 0 atom stereocenters. The Morgan fingerprint density at radius 2 is 1.85 bits per heavy atom. The number of nitrogens with zero attached hydrogens (tertiary/aromatic N) is 2. The first-order chi connectivity index (χ1) is 13.0. The van der Waals surface area contributed by atoms with E-state index >= 15 is 0 Å². The molecule has 0 unspecified atom stereocenters. The van der Waals surface area contributed by atoms with Crippen LogP contribution in [0.5, 0.6) is 0 Å². The van der Waals surface area contributed by atoms with Crippen LogP contribution in [0.2, 0.25) is 0 Å². The Labute approximate surface area is 166 Å². The van der Waals surface area contributed by atoms with Gasteiger partial charge in [-0.15, -0.1) is 0 Å². The third-order valence-electron chi connectivity index (χ3n) is 5.80. The maximum absolute atomic E-state index is 12.3. The first kappa shape index (κ1) is 21.9. The second-order valence-corrected chi connectivity index (χ2v) is 8.34. The molecule has 1 heterocycles. The van der Waals surface area contributed by atoms with E-state index in [1.54, 1.807) is 0 Å². The van der Waals surface area contributed by atoms with E-state index in [9.17, 15) is 4.79 Å². The van der Waals surface area contributed by atoms with Crippen LogP contribution in [0.25, 0.3) is 0 Å². The van der Waals surface area contributed by atoms with Crippen molar-refractivity contribution in [2.75, 3.05) is 32.7 Å². The van der Waals surface area contributed by atoms with Crippen LogP contribution in [0.4, 0.5) is 0 Å². The van der Waals surface area contributed by atoms with Gasteiger partial charge in [0.2, 0.25) is 0 Å². The fourth-order valence-corrected chi connectivity index (χ4v) is 3.71. The predicted octanol–water partition coefficient (Wildman–Crippen LogP) is 4.16. The summed E-state index contributed by atoms with van der Waals surface area (Å²) >= 11 is 0. The monoisotopic (exact) mass is 373 g/mol. The highest BCUT2D eigenvalue weighted by Gasteiger charge is 2.14. The summed E-state index contributed by atoms with van der Waals surface area (Å²) < 4.78 is 0. The fraction of sp³-hybridized carbons (Fsp3) is 0.696. The van der Waals surface area contributed by atoms with Gasteiger partial charge in [0.05, 0.1) is 0 Å². The van der Waals surface area contributed by atoms with Crippen LogP contribution in [0.3, 0.4) is 0 Å². The normalized spacial score (nSPS) is 16.2.